The third-order valence-corrected chi connectivity index (χ3v) is 4.18. The summed E-state index contributed by atoms with van der Waals surface area (Å²) in [5.41, 5.74) is 0.190. The van der Waals surface area contributed by atoms with Gasteiger partial charge in [-0.15, -0.1) is 0 Å². The largest absolute Gasteiger partial charge is 0.377 e. The molecule has 19 heavy (non-hydrogen) atoms. The summed E-state index contributed by atoms with van der Waals surface area (Å²) in [5, 5.41) is 3.69. The number of likely N-dealkylation sites (N-methyl/N-ethyl adjacent to an activating group) is 1. The van der Waals surface area contributed by atoms with Crippen molar-refractivity contribution in [2.24, 2.45) is 0 Å². The van der Waals surface area contributed by atoms with Crippen molar-refractivity contribution in [1.29, 1.82) is 0 Å². The third-order valence-electron chi connectivity index (χ3n) is 4.18. The van der Waals surface area contributed by atoms with Crippen molar-refractivity contribution in [2.45, 2.75) is 51.2 Å². The second-order valence-corrected chi connectivity index (χ2v) is 6.88. The fourth-order valence-electron chi connectivity index (χ4n) is 3.11. The van der Waals surface area contributed by atoms with Crippen molar-refractivity contribution >= 4 is 0 Å². The zero-order valence-electron chi connectivity index (χ0n) is 13.0. The van der Waals surface area contributed by atoms with Crippen LogP contribution in [0, 0.1) is 0 Å². The van der Waals surface area contributed by atoms with Gasteiger partial charge in [-0.1, -0.05) is 0 Å². The Labute approximate surface area is 118 Å². The van der Waals surface area contributed by atoms with Crippen molar-refractivity contribution in [3.63, 3.8) is 0 Å². The zero-order chi connectivity index (χ0) is 13.7. The highest BCUT2D eigenvalue weighted by Gasteiger charge is 2.24. The van der Waals surface area contributed by atoms with Crippen LogP contribution >= 0.6 is 0 Å². The van der Waals surface area contributed by atoms with Crippen molar-refractivity contribution in [1.82, 2.24) is 15.1 Å². The Morgan fingerprint density at radius 1 is 1.26 bits per heavy atom. The molecule has 0 aromatic rings. The van der Waals surface area contributed by atoms with E-state index < -0.39 is 0 Å². The molecule has 2 aliphatic rings. The van der Waals surface area contributed by atoms with Crippen LogP contribution in [-0.2, 0) is 4.74 Å². The van der Waals surface area contributed by atoms with E-state index in [9.17, 15) is 0 Å². The quantitative estimate of drug-likeness (QED) is 0.709. The maximum absolute atomic E-state index is 5.69. The summed E-state index contributed by atoms with van der Waals surface area (Å²) >= 11 is 0. The molecule has 2 fully saturated rings. The van der Waals surface area contributed by atoms with Crippen molar-refractivity contribution in [3.05, 3.63) is 0 Å². The first-order valence-electron chi connectivity index (χ1n) is 7.83. The zero-order valence-corrected chi connectivity index (χ0v) is 13.0. The average molecular weight is 269 g/mol. The van der Waals surface area contributed by atoms with Gasteiger partial charge in [0.2, 0.25) is 0 Å². The Balaban J connectivity index is 1.64. The molecule has 1 atom stereocenters. The molecule has 0 aromatic carbocycles. The Kier molecular flexibility index (Phi) is 5.63. The summed E-state index contributed by atoms with van der Waals surface area (Å²) < 4.78 is 5.69. The van der Waals surface area contributed by atoms with Gasteiger partial charge in [-0.05, 0) is 59.7 Å². The summed E-state index contributed by atoms with van der Waals surface area (Å²) in [4.78, 5) is 4.93. The van der Waals surface area contributed by atoms with E-state index in [0.717, 1.165) is 26.4 Å². The molecule has 1 unspecified atom stereocenters. The van der Waals surface area contributed by atoms with Crippen LogP contribution in [0.3, 0.4) is 0 Å². The molecule has 0 amide bonds. The van der Waals surface area contributed by atoms with E-state index in [2.05, 4.69) is 36.0 Å². The lowest BCUT2D eigenvalue weighted by atomic mass is 10.1. The Morgan fingerprint density at radius 2 is 2.00 bits per heavy atom. The molecular formula is C15H31N3O. The Bertz CT molecular complexity index is 258. The third kappa shape index (κ3) is 5.38. The summed E-state index contributed by atoms with van der Waals surface area (Å²) in [6.45, 7) is 11.3. The predicted octanol–water partition coefficient (Wildman–Crippen LogP) is 1.52. The molecule has 112 valence electrons. The first-order valence-corrected chi connectivity index (χ1v) is 7.83. The van der Waals surface area contributed by atoms with Crippen LogP contribution in [0.25, 0.3) is 0 Å². The minimum absolute atomic E-state index is 0.190. The van der Waals surface area contributed by atoms with Crippen LogP contribution < -0.4 is 5.32 Å². The molecule has 0 saturated carbocycles. The number of hydrogen-bond donors (Lipinski definition) is 1. The van der Waals surface area contributed by atoms with Gasteiger partial charge in [-0.25, -0.2) is 0 Å². The highest BCUT2D eigenvalue weighted by atomic mass is 16.5. The Hall–Kier alpha value is -0.160. The van der Waals surface area contributed by atoms with Gasteiger partial charge in [0, 0.05) is 31.9 Å². The van der Waals surface area contributed by atoms with Crippen molar-refractivity contribution in [3.8, 4) is 0 Å². The molecule has 0 bridgehead atoms. The number of nitrogens with zero attached hydrogens (tertiary/aromatic N) is 2. The minimum atomic E-state index is 0.190. The molecule has 4 nitrogen and oxygen atoms in total. The van der Waals surface area contributed by atoms with Crippen molar-refractivity contribution in [2.75, 3.05) is 46.5 Å². The van der Waals surface area contributed by atoms with Crippen LogP contribution in [0.15, 0.2) is 0 Å². The van der Waals surface area contributed by atoms with Crippen LogP contribution in [0.5, 0.6) is 0 Å². The lowest BCUT2D eigenvalue weighted by Crippen LogP contribution is -2.52. The van der Waals surface area contributed by atoms with Crippen LogP contribution in [0.1, 0.15) is 39.5 Å². The van der Waals surface area contributed by atoms with E-state index in [1.807, 2.05) is 0 Å². The van der Waals surface area contributed by atoms with Gasteiger partial charge in [0.1, 0.15) is 0 Å². The molecule has 0 aromatic heterocycles. The van der Waals surface area contributed by atoms with E-state index in [0.29, 0.717) is 6.10 Å². The molecule has 0 radical (unpaired) electrons. The maximum atomic E-state index is 5.69. The number of nitrogens with one attached hydrogen (secondary N) is 1. The Morgan fingerprint density at radius 3 is 2.63 bits per heavy atom. The molecule has 2 heterocycles. The topological polar surface area (TPSA) is 27.7 Å². The summed E-state index contributed by atoms with van der Waals surface area (Å²) in [5.74, 6) is 0. The summed E-state index contributed by atoms with van der Waals surface area (Å²) in [6.07, 6.45) is 5.64. The standard InChI is InChI=1S/C15H31N3O/c1-15(2,12-18-8-4-5-9-18)16-13-17(3)11-14-7-6-10-19-14/h14,16H,4-13H2,1-3H3. The van der Waals surface area contributed by atoms with Crippen molar-refractivity contribution < 1.29 is 4.74 Å². The molecule has 1 N–H and O–H groups in total. The second-order valence-electron chi connectivity index (χ2n) is 6.88. The van der Waals surface area contributed by atoms with Gasteiger partial charge in [0.15, 0.2) is 0 Å². The predicted molar refractivity (Wildman–Crippen MR) is 79.4 cm³/mol. The lowest BCUT2D eigenvalue weighted by Gasteiger charge is -2.33. The molecule has 2 aliphatic heterocycles. The number of rotatable bonds is 7. The molecule has 2 rings (SSSR count). The van der Waals surface area contributed by atoms with Gasteiger partial charge in [0.05, 0.1) is 6.10 Å². The minimum Gasteiger partial charge on any atom is -0.377 e. The van der Waals surface area contributed by atoms with E-state index in [-0.39, 0.29) is 5.54 Å². The van der Waals surface area contributed by atoms with E-state index in [4.69, 9.17) is 4.74 Å². The highest BCUT2D eigenvalue weighted by Crippen LogP contribution is 2.14. The van der Waals surface area contributed by atoms with Crippen LogP contribution in [0.2, 0.25) is 0 Å². The van der Waals surface area contributed by atoms with Gasteiger partial charge < -0.3 is 9.64 Å². The summed E-state index contributed by atoms with van der Waals surface area (Å²) in [7, 11) is 2.18. The maximum Gasteiger partial charge on any atom is 0.0703 e. The first-order chi connectivity index (χ1) is 9.05. The smallest absolute Gasteiger partial charge is 0.0703 e. The lowest BCUT2D eigenvalue weighted by molar-refractivity contribution is 0.0746. The monoisotopic (exact) mass is 269 g/mol. The number of likely N-dealkylation sites (tertiary alicyclic amines) is 1. The number of ether oxygens (including phenoxy) is 1. The SMILES string of the molecule is CN(CNC(C)(C)CN1CCCC1)CC1CCCO1. The van der Waals surface area contributed by atoms with Gasteiger partial charge in [-0.3, -0.25) is 10.2 Å². The van der Waals surface area contributed by atoms with Gasteiger partial charge >= 0.3 is 0 Å². The molecular weight excluding hydrogens is 238 g/mol. The fourth-order valence-corrected chi connectivity index (χ4v) is 3.11. The van der Waals surface area contributed by atoms with Crippen LogP contribution in [0.4, 0.5) is 0 Å². The van der Waals surface area contributed by atoms with E-state index in [1.165, 1.54) is 38.8 Å². The average Bonchev–Trinajstić information content (AvgIpc) is 2.99. The van der Waals surface area contributed by atoms with E-state index in [1.54, 1.807) is 0 Å². The van der Waals surface area contributed by atoms with Gasteiger partial charge in [0.25, 0.3) is 0 Å². The summed E-state index contributed by atoms with van der Waals surface area (Å²) in [6, 6.07) is 0. The van der Waals surface area contributed by atoms with E-state index >= 15 is 0 Å². The highest BCUT2D eigenvalue weighted by molar-refractivity contribution is 4.83. The second kappa shape index (κ2) is 7.02. The number of hydrogen-bond acceptors (Lipinski definition) is 4. The van der Waals surface area contributed by atoms with Crippen LogP contribution in [-0.4, -0.2) is 67.9 Å². The van der Waals surface area contributed by atoms with Gasteiger partial charge in [-0.2, -0.15) is 0 Å². The first kappa shape index (κ1) is 15.2. The fraction of sp³-hybridized carbons (Fsp3) is 1.00. The molecule has 4 heteroatoms. The molecule has 0 spiro atoms. The normalized spacial score (nSPS) is 25.6. The molecule has 0 aliphatic carbocycles. The molecule has 2 saturated heterocycles.